The van der Waals surface area contributed by atoms with E-state index in [0.29, 0.717) is 29.0 Å². The minimum absolute atomic E-state index is 0.0311. The smallest absolute Gasteiger partial charge is 0.275 e. The fourth-order valence-electron chi connectivity index (χ4n) is 3.96. The SMILES string of the molecule is O=[N+]([O-])c1cc([N+](=O)[O-])c(N(SCNS(=O)(=O)c2ccc3ccccc3c2)c2cc(C(F)(F)F)ccc2Cl)c(C(F)(F)F)c1. The summed E-state index contributed by atoms with van der Waals surface area (Å²) in [5.74, 6) is -0.882. The molecule has 0 bridgehead atoms. The lowest BCUT2D eigenvalue weighted by Crippen LogP contribution is -2.26. The number of nitro groups is 2. The van der Waals surface area contributed by atoms with Crippen LogP contribution in [0, 0.1) is 20.2 Å². The van der Waals surface area contributed by atoms with Crippen molar-refractivity contribution in [2.75, 3.05) is 10.2 Å². The number of nitrogens with zero attached hydrogens (tertiary/aromatic N) is 3. The van der Waals surface area contributed by atoms with E-state index in [-0.39, 0.29) is 33.3 Å². The number of anilines is 2. The molecule has 44 heavy (non-hydrogen) atoms. The van der Waals surface area contributed by atoms with Gasteiger partial charge >= 0.3 is 18.0 Å². The van der Waals surface area contributed by atoms with Crippen LogP contribution in [-0.4, -0.2) is 24.1 Å². The van der Waals surface area contributed by atoms with Crippen molar-refractivity contribution >= 4 is 67.1 Å². The topological polar surface area (TPSA) is 136 Å². The second kappa shape index (κ2) is 12.1. The van der Waals surface area contributed by atoms with Gasteiger partial charge in [-0.3, -0.25) is 24.5 Å². The number of hydrogen-bond donors (Lipinski definition) is 1. The Bertz CT molecular complexity index is 1890. The summed E-state index contributed by atoms with van der Waals surface area (Å²) in [5, 5.41) is 23.8. The normalized spacial score (nSPS) is 12.3. The average molecular weight is 681 g/mol. The van der Waals surface area contributed by atoms with Crippen LogP contribution in [0.15, 0.2) is 77.7 Å². The third-order valence-electron chi connectivity index (χ3n) is 5.96. The van der Waals surface area contributed by atoms with Gasteiger partial charge < -0.3 is 0 Å². The van der Waals surface area contributed by atoms with Gasteiger partial charge in [0, 0.05) is 6.07 Å². The molecule has 4 aromatic rings. The first-order chi connectivity index (χ1) is 20.4. The minimum Gasteiger partial charge on any atom is -0.275 e. The molecule has 10 nitrogen and oxygen atoms in total. The number of alkyl halides is 6. The number of rotatable bonds is 9. The van der Waals surface area contributed by atoms with E-state index in [1.165, 1.54) is 18.2 Å². The zero-order valence-corrected chi connectivity index (χ0v) is 23.8. The Kier molecular flexibility index (Phi) is 9.01. The highest BCUT2D eigenvalue weighted by Gasteiger charge is 2.43. The van der Waals surface area contributed by atoms with E-state index < -0.39 is 77.0 Å². The molecule has 0 unspecified atom stereocenters. The second-order valence-corrected chi connectivity index (χ2v) is 11.8. The number of halogens is 7. The third-order valence-corrected chi connectivity index (χ3v) is 8.77. The number of fused-ring (bicyclic) bond motifs is 1. The van der Waals surface area contributed by atoms with Crippen LogP contribution in [-0.2, 0) is 22.4 Å². The van der Waals surface area contributed by atoms with Gasteiger partial charge in [0.1, 0.15) is 5.69 Å². The maximum absolute atomic E-state index is 14.2. The van der Waals surface area contributed by atoms with Crippen molar-refractivity contribution in [2.45, 2.75) is 17.2 Å². The maximum Gasteiger partial charge on any atom is 0.418 e. The maximum atomic E-state index is 14.2. The van der Waals surface area contributed by atoms with Gasteiger partial charge in [-0.25, -0.2) is 8.42 Å². The van der Waals surface area contributed by atoms with Gasteiger partial charge in [-0.05, 0) is 53.1 Å². The average Bonchev–Trinajstić information content (AvgIpc) is 2.93. The largest absolute Gasteiger partial charge is 0.418 e. The predicted octanol–water partition coefficient (Wildman–Crippen LogP) is 8.07. The second-order valence-electron chi connectivity index (χ2n) is 8.76. The van der Waals surface area contributed by atoms with Crippen LogP contribution >= 0.6 is 23.5 Å². The molecular formula is C25H15ClF6N4O6S2. The number of hydrogen-bond acceptors (Lipinski definition) is 8. The molecule has 0 radical (unpaired) electrons. The van der Waals surface area contributed by atoms with E-state index >= 15 is 0 Å². The fourth-order valence-corrected chi connectivity index (χ4v) is 6.48. The molecule has 0 amide bonds. The monoisotopic (exact) mass is 680 g/mol. The van der Waals surface area contributed by atoms with E-state index in [2.05, 4.69) is 4.72 Å². The van der Waals surface area contributed by atoms with Crippen LogP contribution in [0.3, 0.4) is 0 Å². The molecule has 0 fully saturated rings. The summed E-state index contributed by atoms with van der Waals surface area (Å²) >= 11 is 6.15. The number of nitrogens with one attached hydrogen (secondary N) is 1. The molecule has 0 spiro atoms. The Morgan fingerprint density at radius 3 is 2.09 bits per heavy atom. The Morgan fingerprint density at radius 1 is 0.841 bits per heavy atom. The van der Waals surface area contributed by atoms with Crippen LogP contribution in [0.5, 0.6) is 0 Å². The molecular weight excluding hydrogens is 666 g/mol. The van der Waals surface area contributed by atoms with Crippen LogP contribution in [0.2, 0.25) is 5.02 Å². The zero-order chi connectivity index (χ0) is 32.6. The number of non-ortho nitro benzene ring substituents is 1. The molecule has 19 heteroatoms. The van der Waals surface area contributed by atoms with Crippen molar-refractivity contribution in [3.05, 3.63) is 109 Å². The van der Waals surface area contributed by atoms with Crippen LogP contribution in [0.25, 0.3) is 10.8 Å². The summed E-state index contributed by atoms with van der Waals surface area (Å²) in [6.07, 6.45) is -10.6. The lowest BCUT2D eigenvalue weighted by molar-refractivity contribution is -0.394. The Morgan fingerprint density at radius 2 is 1.50 bits per heavy atom. The number of benzene rings is 4. The minimum atomic E-state index is -5.51. The van der Waals surface area contributed by atoms with Crippen LogP contribution in [0.4, 0.5) is 49.1 Å². The Hall–Kier alpha value is -4.13. The van der Waals surface area contributed by atoms with Crippen LogP contribution < -0.4 is 9.03 Å². The van der Waals surface area contributed by atoms with E-state index in [1.54, 1.807) is 24.3 Å². The van der Waals surface area contributed by atoms with Crippen molar-refractivity contribution in [1.29, 1.82) is 0 Å². The molecule has 0 saturated carbocycles. The highest BCUT2D eigenvalue weighted by atomic mass is 35.5. The lowest BCUT2D eigenvalue weighted by atomic mass is 10.1. The molecule has 0 saturated heterocycles. The molecule has 232 valence electrons. The van der Waals surface area contributed by atoms with Gasteiger partial charge in [-0.15, -0.1) is 0 Å². The van der Waals surface area contributed by atoms with Crippen molar-refractivity contribution < 1.29 is 44.6 Å². The summed E-state index contributed by atoms with van der Waals surface area (Å²) in [6.45, 7) is 0. The fraction of sp³-hybridized carbons (Fsp3) is 0.120. The van der Waals surface area contributed by atoms with Gasteiger partial charge in [0.05, 0.1) is 48.5 Å². The van der Waals surface area contributed by atoms with E-state index in [9.17, 15) is 55.0 Å². The standard InChI is InChI=1S/C25H15ClF6N4O6S2/c26-20-8-6-16(24(27,28)29)10-21(20)34(23-19(25(30,31)32)11-17(35(37)38)12-22(23)36(39)40)43-13-33-44(41,42)18-7-5-14-3-1-2-4-15(14)9-18/h1-12,33H,13H2. The van der Waals surface area contributed by atoms with Crippen molar-refractivity contribution in [3.63, 3.8) is 0 Å². The van der Waals surface area contributed by atoms with Crippen molar-refractivity contribution in [3.8, 4) is 0 Å². The molecule has 4 rings (SSSR count). The summed E-state index contributed by atoms with van der Waals surface area (Å²) in [4.78, 5) is 20.2. The Balaban J connectivity index is 1.86. The third kappa shape index (κ3) is 6.98. The van der Waals surface area contributed by atoms with Crippen molar-refractivity contribution in [1.82, 2.24) is 4.72 Å². The lowest BCUT2D eigenvalue weighted by Gasteiger charge is -2.27. The van der Waals surface area contributed by atoms with Gasteiger partial charge in [-0.1, -0.05) is 41.9 Å². The van der Waals surface area contributed by atoms with E-state index in [4.69, 9.17) is 11.6 Å². The highest BCUT2D eigenvalue weighted by molar-refractivity contribution is 8.01. The quantitative estimate of drug-likeness (QED) is 0.0616. The van der Waals surface area contributed by atoms with Gasteiger partial charge in [0.15, 0.2) is 0 Å². The Labute approximate surface area is 252 Å². The highest BCUT2D eigenvalue weighted by Crippen LogP contribution is 2.50. The molecule has 0 aliphatic rings. The molecule has 0 aliphatic carbocycles. The summed E-state index contributed by atoms with van der Waals surface area (Å²) < 4.78 is 112. The van der Waals surface area contributed by atoms with Crippen molar-refractivity contribution in [2.24, 2.45) is 0 Å². The molecule has 0 atom stereocenters. The first-order valence-electron chi connectivity index (χ1n) is 11.7. The molecule has 0 heterocycles. The summed E-state index contributed by atoms with van der Waals surface area (Å²) in [5.41, 5.74) is -8.48. The first kappa shape index (κ1) is 32.8. The zero-order valence-electron chi connectivity index (χ0n) is 21.4. The number of nitro benzene ring substituents is 2. The number of sulfonamides is 1. The van der Waals surface area contributed by atoms with Gasteiger partial charge in [0.25, 0.3) is 5.69 Å². The molecule has 0 aliphatic heterocycles. The molecule has 4 aromatic carbocycles. The van der Waals surface area contributed by atoms with Gasteiger partial charge in [-0.2, -0.15) is 31.1 Å². The van der Waals surface area contributed by atoms with Crippen LogP contribution in [0.1, 0.15) is 11.1 Å². The summed E-state index contributed by atoms with van der Waals surface area (Å²) in [7, 11) is -4.39. The van der Waals surface area contributed by atoms with E-state index in [0.717, 1.165) is 0 Å². The predicted molar refractivity (Wildman–Crippen MR) is 150 cm³/mol. The molecule has 0 aromatic heterocycles. The van der Waals surface area contributed by atoms with Gasteiger partial charge in [0.2, 0.25) is 10.0 Å². The van der Waals surface area contributed by atoms with E-state index in [1.807, 2.05) is 0 Å². The molecule has 1 N–H and O–H groups in total. The first-order valence-corrected chi connectivity index (χ1v) is 14.5. The summed E-state index contributed by atoms with van der Waals surface area (Å²) in [6, 6.07) is 12.4.